The summed E-state index contributed by atoms with van der Waals surface area (Å²) in [6.45, 7) is 4.70. The minimum atomic E-state index is 0.692. The molecule has 2 heterocycles. The summed E-state index contributed by atoms with van der Waals surface area (Å²) in [7, 11) is 3.35. The molecule has 6 heteroatoms. The summed E-state index contributed by atoms with van der Waals surface area (Å²) in [6.07, 6.45) is 1.85. The van der Waals surface area contributed by atoms with Crippen molar-refractivity contribution in [1.82, 2.24) is 10.3 Å². The Morgan fingerprint density at radius 3 is 2.64 bits per heavy atom. The SMILES string of the molecule is COc1ccc(OC)c(CNCc2cccnc2N2CCOCC2)c1. The molecule has 0 radical (unpaired) electrons. The summed E-state index contributed by atoms with van der Waals surface area (Å²) in [4.78, 5) is 6.86. The molecular weight excluding hydrogens is 318 g/mol. The van der Waals surface area contributed by atoms with Gasteiger partial charge in [0.1, 0.15) is 17.3 Å². The summed E-state index contributed by atoms with van der Waals surface area (Å²) in [6, 6.07) is 9.93. The zero-order valence-electron chi connectivity index (χ0n) is 14.8. The average molecular weight is 343 g/mol. The zero-order valence-corrected chi connectivity index (χ0v) is 14.8. The first-order valence-electron chi connectivity index (χ1n) is 8.50. The maximum absolute atomic E-state index is 5.44. The Labute approximate surface area is 148 Å². The number of benzene rings is 1. The molecule has 0 spiro atoms. The smallest absolute Gasteiger partial charge is 0.133 e. The molecule has 1 aromatic carbocycles. The third-order valence-corrected chi connectivity index (χ3v) is 4.30. The summed E-state index contributed by atoms with van der Waals surface area (Å²) >= 11 is 0. The average Bonchev–Trinajstić information content (AvgIpc) is 2.69. The molecule has 25 heavy (non-hydrogen) atoms. The minimum absolute atomic E-state index is 0.692. The highest BCUT2D eigenvalue weighted by molar-refractivity contribution is 5.47. The van der Waals surface area contributed by atoms with Crippen LogP contribution in [0.5, 0.6) is 11.5 Å². The standard InChI is InChI=1S/C19H25N3O3/c1-23-17-5-6-18(24-2)16(12-17)14-20-13-15-4-3-7-21-19(15)22-8-10-25-11-9-22/h3-7,12,20H,8-11,13-14H2,1-2H3. The lowest BCUT2D eigenvalue weighted by Crippen LogP contribution is -2.37. The molecule has 1 aliphatic heterocycles. The van der Waals surface area contributed by atoms with Gasteiger partial charge in [-0.25, -0.2) is 4.98 Å². The van der Waals surface area contributed by atoms with E-state index in [0.29, 0.717) is 6.54 Å². The first-order valence-corrected chi connectivity index (χ1v) is 8.50. The number of morpholine rings is 1. The van der Waals surface area contributed by atoms with E-state index in [4.69, 9.17) is 14.2 Å². The largest absolute Gasteiger partial charge is 0.497 e. The van der Waals surface area contributed by atoms with E-state index in [1.807, 2.05) is 30.5 Å². The van der Waals surface area contributed by atoms with Crippen LogP contribution in [-0.2, 0) is 17.8 Å². The lowest BCUT2D eigenvalue weighted by molar-refractivity contribution is 0.122. The third kappa shape index (κ3) is 4.41. The molecule has 0 bridgehead atoms. The highest BCUT2D eigenvalue weighted by atomic mass is 16.5. The van der Waals surface area contributed by atoms with E-state index in [0.717, 1.165) is 55.7 Å². The minimum Gasteiger partial charge on any atom is -0.497 e. The van der Waals surface area contributed by atoms with Gasteiger partial charge in [-0.1, -0.05) is 6.07 Å². The number of nitrogens with one attached hydrogen (secondary N) is 1. The van der Waals surface area contributed by atoms with E-state index in [-0.39, 0.29) is 0 Å². The van der Waals surface area contributed by atoms with Gasteiger partial charge in [0.05, 0.1) is 27.4 Å². The van der Waals surface area contributed by atoms with Gasteiger partial charge >= 0.3 is 0 Å². The molecule has 1 aromatic heterocycles. The number of ether oxygens (including phenoxy) is 3. The van der Waals surface area contributed by atoms with Crippen molar-refractivity contribution < 1.29 is 14.2 Å². The highest BCUT2D eigenvalue weighted by Gasteiger charge is 2.15. The monoisotopic (exact) mass is 343 g/mol. The molecule has 0 atom stereocenters. The van der Waals surface area contributed by atoms with Gasteiger partial charge in [0.2, 0.25) is 0 Å². The molecule has 2 aromatic rings. The fraction of sp³-hybridized carbons (Fsp3) is 0.421. The number of hydrogen-bond acceptors (Lipinski definition) is 6. The summed E-state index contributed by atoms with van der Waals surface area (Å²) in [5.74, 6) is 2.72. The quantitative estimate of drug-likeness (QED) is 0.832. The van der Waals surface area contributed by atoms with Gasteiger partial charge in [0, 0.05) is 43.5 Å². The Kier molecular flexibility index (Phi) is 6.09. The van der Waals surface area contributed by atoms with Gasteiger partial charge in [-0.05, 0) is 24.3 Å². The Bertz CT molecular complexity index is 687. The highest BCUT2D eigenvalue weighted by Crippen LogP contribution is 2.24. The number of pyridine rings is 1. The Hall–Kier alpha value is -2.31. The first kappa shape index (κ1) is 17.5. The number of aromatic nitrogens is 1. The Morgan fingerprint density at radius 1 is 1.08 bits per heavy atom. The predicted octanol–water partition coefficient (Wildman–Crippen LogP) is 2.23. The molecule has 0 amide bonds. The first-order chi connectivity index (χ1) is 12.3. The van der Waals surface area contributed by atoms with Crippen LogP contribution in [0.3, 0.4) is 0 Å². The van der Waals surface area contributed by atoms with Crippen molar-refractivity contribution in [2.24, 2.45) is 0 Å². The summed E-state index contributed by atoms with van der Waals surface area (Å²) in [5.41, 5.74) is 2.25. The maximum atomic E-state index is 5.44. The molecule has 1 fully saturated rings. The van der Waals surface area contributed by atoms with Gasteiger partial charge in [-0.2, -0.15) is 0 Å². The molecule has 3 rings (SSSR count). The van der Waals surface area contributed by atoms with E-state index >= 15 is 0 Å². The lowest BCUT2D eigenvalue weighted by atomic mass is 10.1. The van der Waals surface area contributed by atoms with Crippen molar-refractivity contribution in [3.63, 3.8) is 0 Å². The van der Waals surface area contributed by atoms with Crippen molar-refractivity contribution in [2.75, 3.05) is 45.4 Å². The van der Waals surface area contributed by atoms with Crippen LogP contribution < -0.4 is 19.7 Å². The van der Waals surface area contributed by atoms with Crippen molar-refractivity contribution in [3.8, 4) is 11.5 Å². The topological polar surface area (TPSA) is 55.9 Å². The predicted molar refractivity (Wildman–Crippen MR) is 97.4 cm³/mol. The van der Waals surface area contributed by atoms with Crippen molar-refractivity contribution in [1.29, 1.82) is 0 Å². The van der Waals surface area contributed by atoms with E-state index in [2.05, 4.69) is 21.3 Å². The van der Waals surface area contributed by atoms with E-state index in [9.17, 15) is 0 Å². The number of anilines is 1. The van der Waals surface area contributed by atoms with Crippen LogP contribution in [0.1, 0.15) is 11.1 Å². The van der Waals surface area contributed by atoms with Crippen LogP contribution in [0.4, 0.5) is 5.82 Å². The van der Waals surface area contributed by atoms with Gasteiger partial charge in [-0.15, -0.1) is 0 Å². The van der Waals surface area contributed by atoms with Gasteiger partial charge in [0.15, 0.2) is 0 Å². The Balaban J connectivity index is 1.66. The molecule has 1 saturated heterocycles. The van der Waals surface area contributed by atoms with Crippen molar-refractivity contribution >= 4 is 5.82 Å². The van der Waals surface area contributed by atoms with Gasteiger partial charge in [-0.3, -0.25) is 0 Å². The molecule has 1 aliphatic rings. The molecule has 1 N–H and O–H groups in total. The van der Waals surface area contributed by atoms with E-state index < -0.39 is 0 Å². The Morgan fingerprint density at radius 2 is 1.88 bits per heavy atom. The zero-order chi connectivity index (χ0) is 17.5. The van der Waals surface area contributed by atoms with Crippen LogP contribution in [0.2, 0.25) is 0 Å². The molecule has 0 aliphatic carbocycles. The van der Waals surface area contributed by atoms with Gasteiger partial charge in [0.25, 0.3) is 0 Å². The maximum Gasteiger partial charge on any atom is 0.133 e. The van der Waals surface area contributed by atoms with Crippen LogP contribution in [0, 0.1) is 0 Å². The number of rotatable bonds is 7. The normalized spacial score (nSPS) is 14.4. The summed E-state index contributed by atoms with van der Waals surface area (Å²) < 4.78 is 16.2. The molecular formula is C19H25N3O3. The van der Waals surface area contributed by atoms with Gasteiger partial charge < -0.3 is 24.4 Å². The van der Waals surface area contributed by atoms with E-state index in [1.165, 1.54) is 5.56 Å². The fourth-order valence-electron chi connectivity index (χ4n) is 2.98. The fourth-order valence-corrected chi connectivity index (χ4v) is 2.98. The van der Waals surface area contributed by atoms with Crippen LogP contribution in [0.25, 0.3) is 0 Å². The van der Waals surface area contributed by atoms with Crippen LogP contribution in [0.15, 0.2) is 36.5 Å². The number of hydrogen-bond donors (Lipinski definition) is 1. The summed E-state index contributed by atoms with van der Waals surface area (Å²) in [5, 5.41) is 3.49. The second kappa shape index (κ2) is 8.69. The van der Waals surface area contributed by atoms with E-state index in [1.54, 1.807) is 14.2 Å². The third-order valence-electron chi connectivity index (χ3n) is 4.30. The molecule has 6 nitrogen and oxygen atoms in total. The number of nitrogens with zero attached hydrogens (tertiary/aromatic N) is 2. The van der Waals surface area contributed by atoms with Crippen LogP contribution in [-0.4, -0.2) is 45.5 Å². The molecule has 0 saturated carbocycles. The van der Waals surface area contributed by atoms with Crippen LogP contribution >= 0.6 is 0 Å². The second-order valence-corrected chi connectivity index (χ2v) is 5.87. The second-order valence-electron chi connectivity index (χ2n) is 5.87. The van der Waals surface area contributed by atoms with Crippen molar-refractivity contribution in [2.45, 2.75) is 13.1 Å². The molecule has 0 unspecified atom stereocenters. The molecule has 134 valence electrons. The lowest BCUT2D eigenvalue weighted by Gasteiger charge is -2.29. The number of methoxy groups -OCH3 is 2. The van der Waals surface area contributed by atoms with Crippen molar-refractivity contribution in [3.05, 3.63) is 47.7 Å².